The van der Waals surface area contributed by atoms with Crippen molar-refractivity contribution in [3.63, 3.8) is 0 Å². The van der Waals surface area contributed by atoms with Crippen molar-refractivity contribution in [1.29, 1.82) is 0 Å². The maximum atomic E-state index is 12.0. The van der Waals surface area contributed by atoms with Crippen LogP contribution in [-0.2, 0) is 10.2 Å². The summed E-state index contributed by atoms with van der Waals surface area (Å²) in [6, 6.07) is 11.3. The first-order chi connectivity index (χ1) is 12.2. The molecule has 2 aromatic heterocycles. The third-order valence-corrected chi connectivity index (χ3v) is 4.47. The van der Waals surface area contributed by atoms with E-state index in [0.29, 0.717) is 22.6 Å². The number of carbonyl (C=O) groups excluding carboxylic acids is 1. The first-order valence-corrected chi connectivity index (χ1v) is 8.44. The summed E-state index contributed by atoms with van der Waals surface area (Å²) < 4.78 is 9.33. The number of para-hydroxylation sites is 2. The Balaban J connectivity index is 1.88. The number of fused-ring (bicyclic) bond motifs is 4. The zero-order valence-electron chi connectivity index (χ0n) is 15.3. The lowest BCUT2D eigenvalue weighted by Gasteiger charge is -2.22. The highest BCUT2D eigenvalue weighted by Crippen LogP contribution is 2.40. The van der Waals surface area contributed by atoms with E-state index in [1.807, 2.05) is 59.1 Å². The highest BCUT2D eigenvalue weighted by Gasteiger charge is 2.29. The molecule has 4 rings (SSSR count). The van der Waals surface area contributed by atoms with Crippen LogP contribution in [0.5, 0.6) is 11.5 Å². The third kappa shape index (κ3) is 2.29. The third-order valence-electron chi connectivity index (χ3n) is 4.47. The molecule has 0 fully saturated rings. The zero-order chi connectivity index (χ0) is 18.8. The van der Waals surface area contributed by atoms with Crippen molar-refractivity contribution < 1.29 is 14.6 Å². The maximum Gasteiger partial charge on any atom is 0.338 e. The summed E-state index contributed by atoms with van der Waals surface area (Å²) in [5, 5.41) is 10.9. The Bertz CT molecular complexity index is 1110. The van der Waals surface area contributed by atoms with Crippen molar-refractivity contribution in [2.75, 3.05) is 0 Å². The fourth-order valence-corrected chi connectivity index (χ4v) is 3.07. The van der Waals surface area contributed by atoms with Gasteiger partial charge in [0.05, 0.1) is 0 Å². The molecule has 0 spiro atoms. The van der Waals surface area contributed by atoms with Crippen LogP contribution in [0, 0.1) is 0 Å². The number of hydrogen-bond acceptors (Lipinski definition) is 3. The van der Waals surface area contributed by atoms with Crippen LogP contribution in [0.1, 0.15) is 33.3 Å². The number of aromatic hydroxyl groups is 1. The van der Waals surface area contributed by atoms with E-state index in [1.54, 1.807) is 19.1 Å². The number of phenolic OH excluding ortho intramolecular Hbond substituents is 1. The molecule has 0 amide bonds. The molecule has 6 heteroatoms. The molecule has 134 valence electrons. The average molecular weight is 351 g/mol. The van der Waals surface area contributed by atoms with Crippen LogP contribution < -0.4 is 4.74 Å². The van der Waals surface area contributed by atoms with Crippen molar-refractivity contribution in [2.45, 2.75) is 33.1 Å². The summed E-state index contributed by atoms with van der Waals surface area (Å²) in [6.45, 7) is 11.2. The van der Waals surface area contributed by atoms with Gasteiger partial charge >= 0.3 is 5.97 Å². The minimum Gasteiger partial charge on any atom is -0.505 e. The van der Waals surface area contributed by atoms with Crippen molar-refractivity contribution in [2.24, 2.45) is 0 Å². The summed E-state index contributed by atoms with van der Waals surface area (Å²) in [5.74, 6) is 0.0700. The van der Waals surface area contributed by atoms with E-state index in [1.165, 1.54) is 0 Å². The molecule has 0 saturated carbocycles. The quantitative estimate of drug-likeness (QED) is 0.346. The SMILES string of the molecule is C=C(C)C(=O)Oc1cc(-n2n3c4ccccc4n23)c(O)c(C(C)(C)C)c1. The summed E-state index contributed by atoms with van der Waals surface area (Å²) >= 11 is 0. The second-order valence-electron chi connectivity index (χ2n) is 7.62. The van der Waals surface area contributed by atoms with E-state index in [2.05, 4.69) is 6.58 Å². The van der Waals surface area contributed by atoms with Crippen molar-refractivity contribution in [3.8, 4) is 17.2 Å². The number of aromatic nitrogens is 3. The van der Waals surface area contributed by atoms with Gasteiger partial charge in [0.2, 0.25) is 0 Å². The Kier molecular flexibility index (Phi) is 3.25. The van der Waals surface area contributed by atoms with E-state index in [-0.39, 0.29) is 11.2 Å². The molecule has 26 heavy (non-hydrogen) atoms. The second kappa shape index (κ2) is 5.17. The van der Waals surface area contributed by atoms with Crippen molar-refractivity contribution in [1.82, 2.24) is 14.1 Å². The minimum absolute atomic E-state index is 0.174. The predicted molar refractivity (Wildman–Crippen MR) is 99.7 cm³/mol. The van der Waals surface area contributed by atoms with Crippen LogP contribution in [0.15, 0.2) is 48.6 Å². The van der Waals surface area contributed by atoms with Crippen LogP contribution in [0.4, 0.5) is 0 Å². The van der Waals surface area contributed by atoms with Crippen molar-refractivity contribution in [3.05, 3.63) is 54.1 Å². The Hall–Kier alpha value is -3.15. The average Bonchev–Trinajstić information content (AvgIpc) is 3.21. The summed E-state index contributed by atoms with van der Waals surface area (Å²) in [4.78, 5) is 13.8. The van der Waals surface area contributed by atoms with Gasteiger partial charge in [-0.1, -0.05) is 39.5 Å². The first kappa shape index (κ1) is 16.3. The first-order valence-electron chi connectivity index (χ1n) is 8.44. The maximum absolute atomic E-state index is 12.0. The number of hydrogen-bond donors (Lipinski definition) is 1. The van der Waals surface area contributed by atoms with Crippen LogP contribution in [-0.4, -0.2) is 25.1 Å². The van der Waals surface area contributed by atoms with Gasteiger partial charge in [-0.2, -0.15) is 0 Å². The molecule has 0 atom stereocenters. The molecule has 0 aliphatic heterocycles. The van der Waals surface area contributed by atoms with Gasteiger partial charge in [-0.05, 0) is 30.5 Å². The van der Waals surface area contributed by atoms with E-state index in [0.717, 1.165) is 11.0 Å². The van der Waals surface area contributed by atoms with Crippen LogP contribution in [0.2, 0.25) is 0 Å². The van der Waals surface area contributed by atoms with E-state index in [4.69, 9.17) is 4.74 Å². The van der Waals surface area contributed by atoms with Gasteiger partial charge in [0.1, 0.15) is 28.2 Å². The highest BCUT2D eigenvalue weighted by atomic mass is 16.5. The van der Waals surface area contributed by atoms with Gasteiger partial charge in [0, 0.05) is 17.2 Å². The number of nitrogens with zero attached hydrogens (tertiary/aromatic N) is 3. The lowest BCUT2D eigenvalue weighted by Crippen LogP contribution is -2.14. The Labute approximate surface area is 150 Å². The van der Waals surface area contributed by atoms with E-state index >= 15 is 0 Å². The molecular formula is C20H21N3O3. The predicted octanol–water partition coefficient (Wildman–Crippen LogP) is 3.91. The van der Waals surface area contributed by atoms with Crippen LogP contribution in [0.25, 0.3) is 16.7 Å². The summed E-state index contributed by atoms with van der Waals surface area (Å²) in [7, 11) is 0. The van der Waals surface area contributed by atoms with E-state index < -0.39 is 5.97 Å². The van der Waals surface area contributed by atoms with Gasteiger partial charge in [0.15, 0.2) is 0 Å². The number of ether oxygens (including phenoxy) is 1. The van der Waals surface area contributed by atoms with E-state index in [9.17, 15) is 9.90 Å². The number of rotatable bonds is 3. The van der Waals surface area contributed by atoms with Gasteiger partial charge in [-0.25, -0.2) is 4.79 Å². The molecule has 0 bridgehead atoms. The number of benzene rings is 2. The fourth-order valence-electron chi connectivity index (χ4n) is 3.07. The lowest BCUT2D eigenvalue weighted by atomic mass is 9.86. The Morgan fingerprint density at radius 2 is 1.69 bits per heavy atom. The van der Waals surface area contributed by atoms with Gasteiger partial charge < -0.3 is 9.84 Å². The molecule has 4 aromatic rings. The molecule has 0 saturated heterocycles. The monoisotopic (exact) mass is 351 g/mol. The zero-order valence-corrected chi connectivity index (χ0v) is 15.3. The topological polar surface area (TPSA) is 60.3 Å². The highest BCUT2D eigenvalue weighted by molar-refractivity contribution is 5.89. The largest absolute Gasteiger partial charge is 0.505 e. The second-order valence-corrected chi connectivity index (χ2v) is 7.62. The molecule has 2 aromatic carbocycles. The minimum atomic E-state index is -0.487. The fraction of sp³-hybridized carbons (Fsp3) is 0.250. The Morgan fingerprint density at radius 3 is 2.19 bits per heavy atom. The summed E-state index contributed by atoms with van der Waals surface area (Å²) in [6.07, 6.45) is 0. The van der Waals surface area contributed by atoms with Gasteiger partial charge in [-0.3, -0.25) is 0 Å². The number of phenols is 1. The van der Waals surface area contributed by atoms with Gasteiger partial charge in [0.25, 0.3) is 0 Å². The smallest absolute Gasteiger partial charge is 0.338 e. The lowest BCUT2D eigenvalue weighted by molar-refractivity contribution is -0.130. The van der Waals surface area contributed by atoms with Crippen molar-refractivity contribution >= 4 is 17.0 Å². The number of esters is 1. The standard InChI is InChI=1S/C20H21N3O3/c1-12(2)19(25)26-13-10-14(20(3,4)5)18(24)17(11-13)23-21-15-8-6-7-9-16(15)22(21)23/h6-11,24H,1H2,2-5H3. The normalized spacial score (nSPS) is 12.3. The molecule has 0 aliphatic carbocycles. The molecule has 0 radical (unpaired) electrons. The molecule has 2 heterocycles. The Morgan fingerprint density at radius 1 is 1.12 bits per heavy atom. The van der Waals surface area contributed by atoms with Crippen LogP contribution in [0.3, 0.4) is 0 Å². The molecular weight excluding hydrogens is 330 g/mol. The summed E-state index contributed by atoms with van der Waals surface area (Å²) in [5.41, 5.74) is 3.40. The molecule has 0 aliphatic rings. The molecule has 6 nitrogen and oxygen atoms in total. The van der Waals surface area contributed by atoms with Crippen LogP contribution >= 0.6 is 0 Å². The van der Waals surface area contributed by atoms with Gasteiger partial charge in [-0.15, -0.1) is 14.1 Å². The molecule has 1 N–H and O–H groups in total. The molecule has 0 unspecified atom stereocenters. The number of carbonyl (C=O) groups is 1.